The lowest BCUT2D eigenvalue weighted by molar-refractivity contribution is -0.120. The number of tetrazole rings is 1. The number of benzene rings is 2. The highest BCUT2D eigenvalue weighted by molar-refractivity contribution is 5.94. The molecule has 0 saturated heterocycles. The van der Waals surface area contributed by atoms with Crippen molar-refractivity contribution in [2.24, 2.45) is 0 Å². The van der Waals surface area contributed by atoms with Crippen molar-refractivity contribution >= 4 is 11.8 Å². The molecular formula is C18H18N6O2. The SMILES string of the molecule is CNC(=O)c1cccc(CNC(=O)Cc2ccc(-n3cnnn3)cc2)c1. The highest BCUT2D eigenvalue weighted by atomic mass is 16.2. The number of hydrogen-bond acceptors (Lipinski definition) is 5. The molecule has 0 aliphatic carbocycles. The Bertz CT molecular complexity index is 890. The van der Waals surface area contributed by atoms with Crippen LogP contribution < -0.4 is 10.6 Å². The zero-order valence-electron chi connectivity index (χ0n) is 14.2. The molecule has 0 fully saturated rings. The lowest BCUT2D eigenvalue weighted by atomic mass is 10.1. The van der Waals surface area contributed by atoms with Crippen molar-refractivity contribution in [2.75, 3.05) is 7.05 Å². The minimum atomic E-state index is -0.152. The van der Waals surface area contributed by atoms with Crippen molar-refractivity contribution in [2.45, 2.75) is 13.0 Å². The maximum absolute atomic E-state index is 12.1. The largest absolute Gasteiger partial charge is 0.355 e. The van der Waals surface area contributed by atoms with E-state index in [-0.39, 0.29) is 18.2 Å². The van der Waals surface area contributed by atoms with Gasteiger partial charge >= 0.3 is 0 Å². The smallest absolute Gasteiger partial charge is 0.251 e. The van der Waals surface area contributed by atoms with E-state index in [0.29, 0.717) is 12.1 Å². The van der Waals surface area contributed by atoms with Gasteiger partial charge in [-0.05, 0) is 45.8 Å². The average molecular weight is 350 g/mol. The van der Waals surface area contributed by atoms with Gasteiger partial charge in [0.1, 0.15) is 6.33 Å². The van der Waals surface area contributed by atoms with Gasteiger partial charge in [-0.1, -0.05) is 24.3 Å². The molecule has 0 saturated carbocycles. The van der Waals surface area contributed by atoms with E-state index in [9.17, 15) is 9.59 Å². The normalized spacial score (nSPS) is 10.3. The summed E-state index contributed by atoms with van der Waals surface area (Å²) >= 11 is 0. The summed E-state index contributed by atoms with van der Waals surface area (Å²) < 4.78 is 1.54. The molecule has 3 aromatic rings. The summed E-state index contributed by atoms with van der Waals surface area (Å²) in [5, 5.41) is 16.4. The molecule has 26 heavy (non-hydrogen) atoms. The molecule has 0 aliphatic heterocycles. The van der Waals surface area contributed by atoms with Crippen LogP contribution in [0.5, 0.6) is 0 Å². The van der Waals surface area contributed by atoms with Crippen LogP contribution in [0.2, 0.25) is 0 Å². The van der Waals surface area contributed by atoms with Crippen LogP contribution in [0, 0.1) is 0 Å². The molecule has 0 aliphatic rings. The van der Waals surface area contributed by atoms with Crippen LogP contribution in [0.15, 0.2) is 54.9 Å². The standard InChI is InChI=1S/C18H18N6O2/c1-19-18(26)15-4-2-3-14(9-15)11-20-17(25)10-13-5-7-16(8-6-13)24-12-21-22-23-24/h2-9,12H,10-11H2,1H3,(H,19,26)(H,20,25). The minimum absolute atomic E-state index is 0.0921. The fraction of sp³-hybridized carbons (Fsp3) is 0.167. The lowest BCUT2D eigenvalue weighted by Gasteiger charge is -2.08. The maximum Gasteiger partial charge on any atom is 0.251 e. The van der Waals surface area contributed by atoms with Gasteiger partial charge < -0.3 is 10.6 Å². The molecule has 132 valence electrons. The first-order valence-corrected chi connectivity index (χ1v) is 8.06. The van der Waals surface area contributed by atoms with Crippen molar-refractivity contribution in [3.63, 3.8) is 0 Å². The second-order valence-electron chi connectivity index (χ2n) is 5.65. The molecule has 0 bridgehead atoms. The molecule has 1 aromatic heterocycles. The van der Waals surface area contributed by atoms with E-state index in [1.54, 1.807) is 29.9 Å². The quantitative estimate of drug-likeness (QED) is 0.687. The first-order valence-electron chi connectivity index (χ1n) is 8.06. The monoisotopic (exact) mass is 350 g/mol. The second-order valence-corrected chi connectivity index (χ2v) is 5.65. The lowest BCUT2D eigenvalue weighted by Crippen LogP contribution is -2.25. The summed E-state index contributed by atoms with van der Waals surface area (Å²) in [6.45, 7) is 0.367. The van der Waals surface area contributed by atoms with Crippen molar-refractivity contribution in [3.05, 3.63) is 71.5 Å². The molecule has 0 atom stereocenters. The molecule has 1 heterocycles. The van der Waals surface area contributed by atoms with Crippen LogP contribution >= 0.6 is 0 Å². The van der Waals surface area contributed by atoms with Crippen LogP contribution in [-0.2, 0) is 17.8 Å². The first kappa shape index (κ1) is 17.3. The molecule has 0 radical (unpaired) electrons. The third-order valence-electron chi connectivity index (χ3n) is 3.82. The Morgan fingerprint density at radius 2 is 1.88 bits per heavy atom. The predicted molar refractivity (Wildman–Crippen MR) is 94.5 cm³/mol. The highest BCUT2D eigenvalue weighted by Gasteiger charge is 2.07. The average Bonchev–Trinajstić information content (AvgIpc) is 3.21. The third kappa shape index (κ3) is 4.29. The summed E-state index contributed by atoms with van der Waals surface area (Å²) in [6.07, 6.45) is 1.78. The Morgan fingerprint density at radius 1 is 1.08 bits per heavy atom. The second kappa shape index (κ2) is 8.02. The molecule has 0 unspecified atom stereocenters. The van der Waals surface area contributed by atoms with Crippen molar-refractivity contribution in [1.82, 2.24) is 30.8 Å². The number of nitrogens with zero attached hydrogens (tertiary/aromatic N) is 4. The molecule has 8 nitrogen and oxygen atoms in total. The number of carbonyl (C=O) groups is 2. The summed E-state index contributed by atoms with van der Waals surface area (Å²) in [5.74, 6) is -0.244. The van der Waals surface area contributed by atoms with E-state index in [1.165, 1.54) is 6.33 Å². The van der Waals surface area contributed by atoms with E-state index >= 15 is 0 Å². The van der Waals surface area contributed by atoms with E-state index in [1.807, 2.05) is 30.3 Å². The van der Waals surface area contributed by atoms with E-state index in [2.05, 4.69) is 26.2 Å². The van der Waals surface area contributed by atoms with Crippen molar-refractivity contribution < 1.29 is 9.59 Å². The molecule has 2 aromatic carbocycles. The Kier molecular flexibility index (Phi) is 5.33. The van der Waals surface area contributed by atoms with Crippen LogP contribution in [0.3, 0.4) is 0 Å². The minimum Gasteiger partial charge on any atom is -0.355 e. The van der Waals surface area contributed by atoms with E-state index in [4.69, 9.17) is 0 Å². The van der Waals surface area contributed by atoms with Gasteiger partial charge in [-0.2, -0.15) is 0 Å². The van der Waals surface area contributed by atoms with Gasteiger partial charge in [-0.3, -0.25) is 9.59 Å². The number of amides is 2. The summed E-state index contributed by atoms with van der Waals surface area (Å²) in [7, 11) is 1.58. The van der Waals surface area contributed by atoms with Gasteiger partial charge in [0.2, 0.25) is 5.91 Å². The number of aromatic nitrogens is 4. The topological polar surface area (TPSA) is 102 Å². The fourth-order valence-electron chi connectivity index (χ4n) is 2.46. The van der Waals surface area contributed by atoms with Gasteiger partial charge in [0, 0.05) is 19.2 Å². The van der Waals surface area contributed by atoms with Crippen LogP contribution in [0.25, 0.3) is 5.69 Å². The molecule has 2 N–H and O–H groups in total. The van der Waals surface area contributed by atoms with Crippen LogP contribution in [0.1, 0.15) is 21.5 Å². The van der Waals surface area contributed by atoms with Gasteiger partial charge in [-0.25, -0.2) is 4.68 Å². The fourth-order valence-corrected chi connectivity index (χ4v) is 2.46. The zero-order chi connectivity index (χ0) is 18.4. The van der Waals surface area contributed by atoms with Gasteiger partial charge in [0.05, 0.1) is 12.1 Å². The summed E-state index contributed by atoms with van der Waals surface area (Å²) in [5.41, 5.74) is 3.15. The molecule has 2 amide bonds. The van der Waals surface area contributed by atoms with Crippen molar-refractivity contribution in [3.8, 4) is 5.69 Å². The zero-order valence-corrected chi connectivity index (χ0v) is 14.2. The van der Waals surface area contributed by atoms with E-state index < -0.39 is 0 Å². The Labute approximate surface area is 150 Å². The summed E-state index contributed by atoms with van der Waals surface area (Å²) in [4.78, 5) is 23.8. The maximum atomic E-state index is 12.1. The molecule has 8 heteroatoms. The number of rotatable bonds is 6. The van der Waals surface area contributed by atoms with Crippen LogP contribution in [0.4, 0.5) is 0 Å². The summed E-state index contributed by atoms with van der Waals surface area (Å²) in [6, 6.07) is 14.6. The predicted octanol–water partition coefficient (Wildman–Crippen LogP) is 0.881. The number of hydrogen-bond donors (Lipinski definition) is 2. The highest BCUT2D eigenvalue weighted by Crippen LogP contribution is 2.09. The molecular weight excluding hydrogens is 332 g/mol. The van der Waals surface area contributed by atoms with Crippen molar-refractivity contribution in [1.29, 1.82) is 0 Å². The Balaban J connectivity index is 1.55. The first-order chi connectivity index (χ1) is 12.7. The Morgan fingerprint density at radius 3 is 2.58 bits per heavy atom. The van der Waals surface area contributed by atoms with Crippen LogP contribution in [-0.4, -0.2) is 39.1 Å². The number of nitrogens with one attached hydrogen (secondary N) is 2. The molecule has 0 spiro atoms. The number of carbonyl (C=O) groups excluding carboxylic acids is 2. The molecule has 3 rings (SSSR count). The van der Waals surface area contributed by atoms with Gasteiger partial charge in [0.25, 0.3) is 5.91 Å². The van der Waals surface area contributed by atoms with Gasteiger partial charge in [-0.15, -0.1) is 5.10 Å². The van der Waals surface area contributed by atoms with Gasteiger partial charge in [0.15, 0.2) is 0 Å². The Hall–Kier alpha value is -3.55. The third-order valence-corrected chi connectivity index (χ3v) is 3.82. The van der Waals surface area contributed by atoms with E-state index in [0.717, 1.165) is 16.8 Å².